The van der Waals surface area contributed by atoms with Gasteiger partial charge in [0.05, 0.1) is 6.10 Å². The molecule has 0 amide bonds. The largest absolute Gasteiger partial charge is 0.381 e. The van der Waals surface area contributed by atoms with E-state index in [0.29, 0.717) is 23.4 Å². The minimum absolute atomic E-state index is 0.214. The summed E-state index contributed by atoms with van der Waals surface area (Å²) in [4.78, 5) is 11.0. The van der Waals surface area contributed by atoms with E-state index < -0.39 is 0 Å². The molecule has 0 saturated heterocycles. The maximum absolute atomic E-state index is 11.0. The minimum atomic E-state index is 0.214. The van der Waals surface area contributed by atoms with Gasteiger partial charge in [0.1, 0.15) is 6.29 Å². The Balaban J connectivity index is 2.20. The van der Waals surface area contributed by atoms with Gasteiger partial charge in [0, 0.05) is 13.0 Å². The zero-order chi connectivity index (χ0) is 11.8. The van der Waals surface area contributed by atoms with Crippen molar-refractivity contribution in [2.45, 2.75) is 52.1 Å². The van der Waals surface area contributed by atoms with Gasteiger partial charge in [-0.05, 0) is 42.9 Å². The summed E-state index contributed by atoms with van der Waals surface area (Å²) in [5.41, 5.74) is 0.346. The van der Waals surface area contributed by atoms with Crippen LogP contribution in [-0.2, 0) is 9.53 Å². The van der Waals surface area contributed by atoms with Crippen molar-refractivity contribution in [1.29, 1.82) is 0 Å². The summed E-state index contributed by atoms with van der Waals surface area (Å²) in [6.07, 6.45) is 7.78. The van der Waals surface area contributed by atoms with Crippen LogP contribution in [0.3, 0.4) is 0 Å². The lowest BCUT2D eigenvalue weighted by Crippen LogP contribution is -2.42. The molecule has 2 aliphatic carbocycles. The average Bonchev–Trinajstić information content (AvgIpc) is 2.64. The number of ether oxygens (including phenoxy) is 1. The molecule has 2 fully saturated rings. The third-order valence-electron chi connectivity index (χ3n) is 5.29. The summed E-state index contributed by atoms with van der Waals surface area (Å²) < 4.78 is 5.64. The second-order valence-electron chi connectivity index (χ2n) is 5.96. The Kier molecular flexibility index (Phi) is 3.39. The van der Waals surface area contributed by atoms with Gasteiger partial charge < -0.3 is 9.53 Å². The molecule has 0 heterocycles. The maximum Gasteiger partial charge on any atom is 0.123 e. The van der Waals surface area contributed by atoms with Gasteiger partial charge in [0.2, 0.25) is 0 Å². The van der Waals surface area contributed by atoms with E-state index in [1.165, 1.54) is 32.1 Å². The number of aldehydes is 1. The first-order chi connectivity index (χ1) is 7.63. The van der Waals surface area contributed by atoms with Crippen molar-refractivity contribution >= 4 is 6.29 Å². The van der Waals surface area contributed by atoms with Crippen LogP contribution < -0.4 is 0 Å². The number of hydrogen-bond acceptors (Lipinski definition) is 2. The number of carbonyl (C=O) groups excluding carboxylic acids is 1. The fourth-order valence-corrected chi connectivity index (χ4v) is 4.40. The van der Waals surface area contributed by atoms with E-state index in [4.69, 9.17) is 4.74 Å². The third kappa shape index (κ3) is 1.71. The number of carbonyl (C=O) groups is 1. The number of fused-ring (bicyclic) bond motifs is 1. The van der Waals surface area contributed by atoms with Gasteiger partial charge in [-0.3, -0.25) is 0 Å². The van der Waals surface area contributed by atoms with Gasteiger partial charge in [-0.25, -0.2) is 0 Å². The molecular formula is C14H24O2. The summed E-state index contributed by atoms with van der Waals surface area (Å²) in [6.45, 7) is 4.47. The van der Waals surface area contributed by atoms with E-state index in [1.807, 2.05) is 7.11 Å². The lowest BCUT2D eigenvalue weighted by molar-refractivity contribution is -0.115. The lowest BCUT2D eigenvalue weighted by Gasteiger charge is -2.45. The van der Waals surface area contributed by atoms with Crippen LogP contribution >= 0.6 is 0 Å². The van der Waals surface area contributed by atoms with Gasteiger partial charge in [-0.15, -0.1) is 0 Å². The molecule has 0 radical (unpaired) electrons. The molecule has 92 valence electrons. The first-order valence-corrected chi connectivity index (χ1v) is 6.61. The smallest absolute Gasteiger partial charge is 0.123 e. The van der Waals surface area contributed by atoms with Crippen molar-refractivity contribution < 1.29 is 9.53 Å². The molecule has 0 N–H and O–H groups in total. The fourth-order valence-electron chi connectivity index (χ4n) is 4.40. The molecule has 2 heteroatoms. The van der Waals surface area contributed by atoms with Crippen LogP contribution in [0, 0.1) is 23.2 Å². The molecule has 2 saturated carbocycles. The highest BCUT2D eigenvalue weighted by atomic mass is 16.5. The van der Waals surface area contributed by atoms with Crippen LogP contribution in [-0.4, -0.2) is 19.5 Å². The highest BCUT2D eigenvalue weighted by Crippen LogP contribution is 2.57. The Morgan fingerprint density at radius 3 is 2.75 bits per heavy atom. The normalized spacial score (nSPS) is 45.1. The van der Waals surface area contributed by atoms with E-state index in [2.05, 4.69) is 13.8 Å². The fraction of sp³-hybridized carbons (Fsp3) is 0.929. The number of rotatable bonds is 3. The molecule has 2 nitrogen and oxygen atoms in total. The van der Waals surface area contributed by atoms with E-state index in [1.54, 1.807) is 0 Å². The summed E-state index contributed by atoms with van der Waals surface area (Å²) in [5, 5.41) is 0. The quantitative estimate of drug-likeness (QED) is 0.689. The van der Waals surface area contributed by atoms with Crippen LogP contribution in [0.5, 0.6) is 0 Å². The Hall–Kier alpha value is -0.370. The van der Waals surface area contributed by atoms with Crippen LogP contribution in [0.25, 0.3) is 0 Å². The Bertz CT molecular complexity index is 263. The zero-order valence-electron chi connectivity index (χ0n) is 10.7. The van der Waals surface area contributed by atoms with E-state index >= 15 is 0 Å². The average molecular weight is 224 g/mol. The molecule has 5 atom stereocenters. The molecule has 0 aliphatic heterocycles. The lowest BCUT2D eigenvalue weighted by atomic mass is 9.62. The Labute approximate surface area is 98.7 Å². The third-order valence-corrected chi connectivity index (χ3v) is 5.29. The van der Waals surface area contributed by atoms with E-state index in [-0.39, 0.29) is 5.92 Å². The number of hydrogen-bond donors (Lipinski definition) is 0. The van der Waals surface area contributed by atoms with Gasteiger partial charge in [0.15, 0.2) is 0 Å². The SMILES string of the molecule is COC1CCCC2(C)C(C(C)C=O)CCC12. The maximum atomic E-state index is 11.0. The van der Waals surface area contributed by atoms with Crippen molar-refractivity contribution in [2.75, 3.05) is 7.11 Å². The highest BCUT2D eigenvalue weighted by Gasteiger charge is 2.52. The molecule has 0 aromatic carbocycles. The van der Waals surface area contributed by atoms with Gasteiger partial charge in [0.25, 0.3) is 0 Å². The molecule has 0 aromatic heterocycles. The molecule has 0 aromatic rings. The highest BCUT2D eigenvalue weighted by molar-refractivity contribution is 5.53. The summed E-state index contributed by atoms with van der Waals surface area (Å²) in [5.74, 6) is 1.47. The van der Waals surface area contributed by atoms with Crippen molar-refractivity contribution in [1.82, 2.24) is 0 Å². The molecule has 2 rings (SSSR count). The topological polar surface area (TPSA) is 26.3 Å². The number of methoxy groups -OCH3 is 1. The van der Waals surface area contributed by atoms with Crippen molar-refractivity contribution in [3.8, 4) is 0 Å². The summed E-state index contributed by atoms with van der Waals surface area (Å²) >= 11 is 0. The first-order valence-electron chi connectivity index (χ1n) is 6.61. The van der Waals surface area contributed by atoms with E-state index in [9.17, 15) is 4.79 Å². The standard InChI is InChI=1S/C14H24O2/c1-10(9-15)11-6-7-12-13(16-3)5-4-8-14(11,12)2/h9-13H,4-8H2,1-3H3. The first kappa shape index (κ1) is 12.1. The van der Waals surface area contributed by atoms with Crippen molar-refractivity contribution in [3.63, 3.8) is 0 Å². The zero-order valence-corrected chi connectivity index (χ0v) is 10.7. The predicted molar refractivity (Wildman–Crippen MR) is 64.2 cm³/mol. The van der Waals surface area contributed by atoms with Crippen molar-refractivity contribution in [2.24, 2.45) is 23.2 Å². The van der Waals surface area contributed by atoms with Crippen LogP contribution in [0.2, 0.25) is 0 Å². The summed E-state index contributed by atoms with van der Waals surface area (Å²) in [6, 6.07) is 0. The molecule has 0 bridgehead atoms. The second kappa shape index (κ2) is 4.48. The van der Waals surface area contributed by atoms with E-state index in [0.717, 1.165) is 6.29 Å². The Morgan fingerprint density at radius 1 is 1.38 bits per heavy atom. The van der Waals surface area contributed by atoms with Crippen LogP contribution in [0.4, 0.5) is 0 Å². The molecular weight excluding hydrogens is 200 g/mol. The Morgan fingerprint density at radius 2 is 2.12 bits per heavy atom. The predicted octanol–water partition coefficient (Wildman–Crippen LogP) is 3.05. The minimum Gasteiger partial charge on any atom is -0.381 e. The van der Waals surface area contributed by atoms with Crippen LogP contribution in [0.1, 0.15) is 46.0 Å². The van der Waals surface area contributed by atoms with Gasteiger partial charge >= 0.3 is 0 Å². The second-order valence-corrected chi connectivity index (χ2v) is 5.96. The van der Waals surface area contributed by atoms with Crippen LogP contribution in [0.15, 0.2) is 0 Å². The molecule has 2 aliphatic rings. The van der Waals surface area contributed by atoms with Gasteiger partial charge in [-0.1, -0.05) is 20.3 Å². The molecule has 16 heavy (non-hydrogen) atoms. The van der Waals surface area contributed by atoms with Crippen molar-refractivity contribution in [3.05, 3.63) is 0 Å². The molecule has 0 spiro atoms. The monoisotopic (exact) mass is 224 g/mol. The summed E-state index contributed by atoms with van der Waals surface area (Å²) in [7, 11) is 1.84. The van der Waals surface area contributed by atoms with Gasteiger partial charge in [-0.2, -0.15) is 0 Å². The molecule has 5 unspecified atom stereocenters.